The lowest BCUT2D eigenvalue weighted by atomic mass is 10.1. The van der Waals surface area contributed by atoms with E-state index in [1.165, 1.54) is 19.2 Å². The molecule has 0 radical (unpaired) electrons. The Morgan fingerprint density at radius 1 is 1.43 bits per heavy atom. The molecule has 0 saturated carbocycles. The first kappa shape index (κ1) is 15.0. The molecule has 21 heavy (non-hydrogen) atoms. The van der Waals surface area contributed by atoms with Gasteiger partial charge in [-0.25, -0.2) is 18.6 Å². The average molecular weight is 315 g/mol. The molecule has 0 aliphatic carbocycles. The van der Waals surface area contributed by atoms with Crippen molar-refractivity contribution in [3.05, 3.63) is 40.6 Å². The SMILES string of the molecule is COc1cc(-c2nc(C(=O)O)c(Cl)c(N)c2F)ccc1F. The Morgan fingerprint density at radius 2 is 2.10 bits per heavy atom. The summed E-state index contributed by atoms with van der Waals surface area (Å²) in [5, 5.41) is 8.50. The van der Waals surface area contributed by atoms with Gasteiger partial charge in [0.15, 0.2) is 23.1 Å². The second kappa shape index (κ2) is 5.53. The monoisotopic (exact) mass is 314 g/mol. The molecule has 0 atom stereocenters. The molecule has 0 saturated heterocycles. The number of methoxy groups -OCH3 is 1. The highest BCUT2D eigenvalue weighted by atomic mass is 35.5. The maximum Gasteiger partial charge on any atom is 0.356 e. The Labute approximate surface area is 122 Å². The summed E-state index contributed by atoms with van der Waals surface area (Å²) in [4.78, 5) is 14.7. The number of aromatic nitrogens is 1. The summed E-state index contributed by atoms with van der Waals surface area (Å²) in [5.74, 6) is -3.23. The van der Waals surface area contributed by atoms with Gasteiger partial charge in [-0.1, -0.05) is 11.6 Å². The highest BCUT2D eigenvalue weighted by Gasteiger charge is 2.22. The molecule has 8 heteroatoms. The predicted molar refractivity (Wildman–Crippen MR) is 72.5 cm³/mol. The van der Waals surface area contributed by atoms with Crippen LogP contribution in [0.15, 0.2) is 18.2 Å². The molecular formula is C13H9ClF2N2O3. The summed E-state index contributed by atoms with van der Waals surface area (Å²) in [6, 6.07) is 3.45. The molecule has 1 heterocycles. The van der Waals surface area contributed by atoms with Gasteiger partial charge in [0.25, 0.3) is 0 Å². The number of benzene rings is 1. The van der Waals surface area contributed by atoms with Gasteiger partial charge in [-0.3, -0.25) is 0 Å². The molecule has 0 unspecified atom stereocenters. The Morgan fingerprint density at radius 3 is 2.67 bits per heavy atom. The first-order valence-electron chi connectivity index (χ1n) is 5.58. The van der Waals surface area contributed by atoms with Crippen LogP contribution in [0.3, 0.4) is 0 Å². The third-order valence-electron chi connectivity index (χ3n) is 2.74. The molecule has 0 fully saturated rings. The van der Waals surface area contributed by atoms with Gasteiger partial charge in [0.1, 0.15) is 5.69 Å². The molecule has 1 aromatic heterocycles. The van der Waals surface area contributed by atoms with Gasteiger partial charge >= 0.3 is 5.97 Å². The zero-order valence-corrected chi connectivity index (χ0v) is 11.4. The molecule has 0 bridgehead atoms. The summed E-state index contributed by atoms with van der Waals surface area (Å²) >= 11 is 5.64. The van der Waals surface area contributed by atoms with Crippen LogP contribution < -0.4 is 10.5 Å². The summed E-state index contributed by atoms with van der Waals surface area (Å²) < 4.78 is 32.3. The van der Waals surface area contributed by atoms with Crippen molar-refractivity contribution in [3.8, 4) is 17.0 Å². The second-order valence-electron chi connectivity index (χ2n) is 4.01. The molecule has 0 spiro atoms. The molecule has 110 valence electrons. The molecule has 1 aromatic carbocycles. The number of rotatable bonds is 3. The van der Waals surface area contributed by atoms with Gasteiger partial charge in [-0.15, -0.1) is 0 Å². The van der Waals surface area contributed by atoms with Crippen molar-refractivity contribution in [1.29, 1.82) is 0 Å². The fourth-order valence-corrected chi connectivity index (χ4v) is 1.91. The van der Waals surface area contributed by atoms with Crippen LogP contribution in [0.1, 0.15) is 10.5 Å². The topological polar surface area (TPSA) is 85.4 Å². The number of nitrogens with two attached hydrogens (primary N) is 1. The van der Waals surface area contributed by atoms with Crippen molar-refractivity contribution >= 4 is 23.3 Å². The van der Waals surface area contributed by atoms with E-state index in [4.69, 9.17) is 27.2 Å². The predicted octanol–water partition coefficient (Wildman–Crippen LogP) is 2.97. The standard InChI is InChI=1S/C13H9ClF2N2O3/c1-21-7-4-5(2-3-6(7)15)11-9(16)10(17)8(14)12(18-11)13(19)20/h2-4H,1H3,(H2,17,18)(H,19,20). The van der Waals surface area contributed by atoms with Crippen molar-refractivity contribution in [2.45, 2.75) is 0 Å². The van der Waals surface area contributed by atoms with Crippen molar-refractivity contribution < 1.29 is 23.4 Å². The van der Waals surface area contributed by atoms with E-state index in [9.17, 15) is 13.6 Å². The zero-order chi connectivity index (χ0) is 15.7. The van der Waals surface area contributed by atoms with Gasteiger partial charge < -0.3 is 15.6 Å². The first-order chi connectivity index (χ1) is 9.86. The number of carbonyl (C=O) groups is 1. The molecule has 0 aliphatic heterocycles. The summed E-state index contributed by atoms with van der Waals surface area (Å²) in [7, 11) is 1.24. The fourth-order valence-electron chi connectivity index (χ4n) is 1.70. The number of carboxylic acid groups (broad SMARTS) is 1. The number of carboxylic acids is 1. The molecule has 0 amide bonds. The van der Waals surface area contributed by atoms with E-state index in [-0.39, 0.29) is 17.0 Å². The van der Waals surface area contributed by atoms with Gasteiger partial charge in [0, 0.05) is 5.56 Å². The number of pyridine rings is 1. The minimum Gasteiger partial charge on any atom is -0.494 e. The Kier molecular flexibility index (Phi) is 3.95. The van der Waals surface area contributed by atoms with Gasteiger partial charge in [0.05, 0.1) is 17.8 Å². The molecule has 5 nitrogen and oxygen atoms in total. The largest absolute Gasteiger partial charge is 0.494 e. The lowest BCUT2D eigenvalue weighted by Gasteiger charge is -2.10. The van der Waals surface area contributed by atoms with Crippen LogP contribution >= 0.6 is 11.6 Å². The number of ether oxygens (including phenoxy) is 1. The highest BCUT2D eigenvalue weighted by molar-refractivity contribution is 6.35. The van der Waals surface area contributed by atoms with E-state index in [0.717, 1.165) is 6.07 Å². The highest BCUT2D eigenvalue weighted by Crippen LogP contribution is 2.33. The molecule has 2 rings (SSSR count). The number of nitrogen functional groups attached to an aromatic ring is 1. The van der Waals surface area contributed by atoms with E-state index in [1.807, 2.05) is 0 Å². The Hall–Kier alpha value is -2.41. The molecule has 0 aliphatic rings. The molecule has 3 N–H and O–H groups in total. The molecule has 2 aromatic rings. The smallest absolute Gasteiger partial charge is 0.356 e. The van der Waals surface area contributed by atoms with Crippen LogP contribution in [0.25, 0.3) is 11.3 Å². The fraction of sp³-hybridized carbons (Fsp3) is 0.0769. The van der Waals surface area contributed by atoms with Gasteiger partial charge in [-0.05, 0) is 18.2 Å². The number of halogens is 3. The van der Waals surface area contributed by atoms with E-state index in [0.29, 0.717) is 0 Å². The van der Waals surface area contributed by atoms with Crippen LogP contribution in [0.2, 0.25) is 5.02 Å². The maximum absolute atomic E-state index is 14.1. The quantitative estimate of drug-likeness (QED) is 0.909. The Bertz CT molecular complexity index is 738. The third-order valence-corrected chi connectivity index (χ3v) is 3.12. The summed E-state index contributed by atoms with van der Waals surface area (Å²) in [5.41, 5.74) is 4.07. The lowest BCUT2D eigenvalue weighted by molar-refractivity contribution is 0.0691. The number of anilines is 1. The number of hydrogen-bond donors (Lipinski definition) is 2. The van der Waals surface area contributed by atoms with Crippen LogP contribution in [-0.2, 0) is 0 Å². The van der Waals surface area contributed by atoms with E-state index >= 15 is 0 Å². The zero-order valence-electron chi connectivity index (χ0n) is 10.7. The van der Waals surface area contributed by atoms with Crippen molar-refractivity contribution in [2.24, 2.45) is 0 Å². The van der Waals surface area contributed by atoms with Crippen molar-refractivity contribution in [2.75, 3.05) is 12.8 Å². The van der Waals surface area contributed by atoms with Crippen molar-refractivity contribution in [3.63, 3.8) is 0 Å². The van der Waals surface area contributed by atoms with Crippen LogP contribution in [0, 0.1) is 11.6 Å². The first-order valence-corrected chi connectivity index (χ1v) is 5.96. The summed E-state index contributed by atoms with van der Waals surface area (Å²) in [6.45, 7) is 0. The number of nitrogens with zero attached hydrogens (tertiary/aromatic N) is 1. The van der Waals surface area contributed by atoms with Crippen LogP contribution in [0.5, 0.6) is 5.75 Å². The average Bonchev–Trinajstić information content (AvgIpc) is 2.45. The minimum atomic E-state index is -1.46. The molecular weight excluding hydrogens is 306 g/mol. The lowest BCUT2D eigenvalue weighted by Crippen LogP contribution is -2.08. The summed E-state index contributed by atoms with van der Waals surface area (Å²) in [6.07, 6.45) is 0. The Balaban J connectivity index is 2.72. The third kappa shape index (κ3) is 2.59. The number of hydrogen-bond acceptors (Lipinski definition) is 4. The number of aromatic carboxylic acids is 1. The van der Waals surface area contributed by atoms with Crippen molar-refractivity contribution in [1.82, 2.24) is 4.98 Å². The van der Waals surface area contributed by atoms with E-state index < -0.39 is 34.0 Å². The van der Waals surface area contributed by atoms with Crippen LogP contribution in [0.4, 0.5) is 14.5 Å². The normalized spacial score (nSPS) is 10.5. The minimum absolute atomic E-state index is 0.108. The van der Waals surface area contributed by atoms with Gasteiger partial charge in [0.2, 0.25) is 0 Å². The van der Waals surface area contributed by atoms with Gasteiger partial charge in [-0.2, -0.15) is 0 Å². The van der Waals surface area contributed by atoms with Crippen LogP contribution in [-0.4, -0.2) is 23.2 Å². The van der Waals surface area contributed by atoms with E-state index in [2.05, 4.69) is 4.98 Å². The second-order valence-corrected chi connectivity index (χ2v) is 4.38. The van der Waals surface area contributed by atoms with E-state index in [1.54, 1.807) is 0 Å². The maximum atomic E-state index is 14.1.